The molecule has 5 heteroatoms. The number of H-pyrrole nitrogens is 1. The molecule has 0 aliphatic rings. The van der Waals surface area contributed by atoms with E-state index in [2.05, 4.69) is 45.7 Å². The average molecular weight is 298 g/mol. The second-order valence-corrected chi connectivity index (χ2v) is 6.18. The van der Waals surface area contributed by atoms with Crippen molar-refractivity contribution in [2.24, 2.45) is 17.3 Å². The van der Waals surface area contributed by atoms with E-state index in [1.165, 1.54) is 15.8 Å². The average Bonchev–Trinajstić information content (AvgIpc) is 2.97. The summed E-state index contributed by atoms with van der Waals surface area (Å²) in [6, 6.07) is 8.29. The Hall–Kier alpha value is -2.14. The van der Waals surface area contributed by atoms with Crippen molar-refractivity contribution in [2.45, 2.75) is 20.8 Å². The third-order valence-corrected chi connectivity index (χ3v) is 4.74. The molecule has 0 saturated carbocycles. The van der Waals surface area contributed by atoms with Gasteiger partial charge in [0.25, 0.3) is 0 Å². The van der Waals surface area contributed by atoms with Crippen LogP contribution in [0.1, 0.15) is 23.7 Å². The Morgan fingerprint density at radius 3 is 2.67 bits per heavy atom. The van der Waals surface area contributed by atoms with Crippen molar-refractivity contribution >= 4 is 27.3 Å². The lowest BCUT2D eigenvalue weighted by molar-refractivity contribution is 0.888. The zero-order valence-corrected chi connectivity index (χ0v) is 13.5. The molecule has 108 valence electrons. The van der Waals surface area contributed by atoms with Crippen molar-refractivity contribution < 1.29 is 0 Å². The van der Waals surface area contributed by atoms with Gasteiger partial charge in [-0.15, -0.1) is 5.10 Å². The van der Waals surface area contributed by atoms with E-state index in [1.54, 1.807) is 11.3 Å². The molecule has 1 aromatic carbocycles. The van der Waals surface area contributed by atoms with E-state index in [9.17, 15) is 0 Å². The minimum Gasteiger partial charge on any atom is -0.364 e. The van der Waals surface area contributed by atoms with Gasteiger partial charge in [0.1, 0.15) is 0 Å². The highest BCUT2D eigenvalue weighted by Crippen LogP contribution is 2.16. The summed E-state index contributed by atoms with van der Waals surface area (Å²) in [4.78, 5) is 4.13. The van der Waals surface area contributed by atoms with E-state index < -0.39 is 0 Å². The number of nitrogens with zero attached hydrogens (tertiary/aromatic N) is 3. The summed E-state index contributed by atoms with van der Waals surface area (Å²) in [5.74, 6) is 0. The predicted octanol–water partition coefficient (Wildman–Crippen LogP) is 3.51. The molecule has 4 nitrogen and oxygen atoms in total. The van der Waals surface area contributed by atoms with Gasteiger partial charge in [0.05, 0.1) is 15.9 Å². The lowest BCUT2D eigenvalue weighted by atomic mass is 10.1. The predicted molar refractivity (Wildman–Crippen MR) is 88.8 cm³/mol. The molecule has 0 saturated heterocycles. The van der Waals surface area contributed by atoms with E-state index in [4.69, 9.17) is 0 Å². The van der Waals surface area contributed by atoms with E-state index in [0.717, 1.165) is 21.8 Å². The van der Waals surface area contributed by atoms with E-state index in [0.29, 0.717) is 0 Å². The first-order valence-corrected chi connectivity index (χ1v) is 7.67. The van der Waals surface area contributed by atoms with Crippen molar-refractivity contribution in [1.82, 2.24) is 9.55 Å². The monoisotopic (exact) mass is 298 g/mol. The van der Waals surface area contributed by atoms with Crippen LogP contribution in [0.15, 0.2) is 40.7 Å². The molecule has 0 spiro atoms. The number of thiazole rings is 1. The fourth-order valence-corrected chi connectivity index (χ4v) is 3.53. The van der Waals surface area contributed by atoms with Crippen LogP contribution in [0, 0.1) is 13.8 Å². The highest BCUT2D eigenvalue weighted by molar-refractivity contribution is 7.16. The lowest BCUT2D eigenvalue weighted by Gasteiger charge is -1.99. The van der Waals surface area contributed by atoms with Crippen LogP contribution >= 0.6 is 11.3 Å². The highest BCUT2D eigenvalue weighted by atomic mass is 32.1. The summed E-state index contributed by atoms with van der Waals surface area (Å²) in [7, 11) is 2.02. The fourth-order valence-electron chi connectivity index (χ4n) is 2.56. The van der Waals surface area contributed by atoms with Gasteiger partial charge in [-0.05, 0) is 38.5 Å². The number of rotatable bonds is 2. The molecule has 0 aliphatic carbocycles. The van der Waals surface area contributed by atoms with Crippen LogP contribution in [0.5, 0.6) is 0 Å². The molecule has 1 N–H and O–H groups in total. The summed E-state index contributed by atoms with van der Waals surface area (Å²) in [5.41, 5.74) is 5.60. The Labute approximate surface area is 127 Å². The second-order valence-electron chi connectivity index (χ2n) is 5.17. The number of nitrogens with one attached hydrogen (secondary N) is 1. The Morgan fingerprint density at radius 1 is 1.24 bits per heavy atom. The zero-order valence-electron chi connectivity index (χ0n) is 12.6. The van der Waals surface area contributed by atoms with Crippen molar-refractivity contribution in [3.8, 4) is 0 Å². The molecule has 0 bridgehead atoms. The van der Waals surface area contributed by atoms with Gasteiger partial charge in [0.15, 0.2) is 0 Å². The maximum atomic E-state index is 4.44. The van der Waals surface area contributed by atoms with Crippen LogP contribution in [-0.2, 0) is 7.05 Å². The molecule has 0 radical (unpaired) electrons. The van der Waals surface area contributed by atoms with Gasteiger partial charge in [0, 0.05) is 24.5 Å². The molecule has 0 aliphatic heterocycles. The second kappa shape index (κ2) is 5.33. The van der Waals surface area contributed by atoms with Crippen LogP contribution in [0.3, 0.4) is 0 Å². The number of hydrogen-bond acceptors (Lipinski definition) is 3. The minimum atomic E-state index is 0.904. The number of fused-ring (bicyclic) bond motifs is 1. The summed E-state index contributed by atoms with van der Waals surface area (Å²) in [5, 5.41) is 8.86. The zero-order chi connectivity index (χ0) is 15.0. The van der Waals surface area contributed by atoms with E-state index in [1.807, 2.05) is 32.3 Å². The maximum absolute atomic E-state index is 4.44. The number of para-hydroxylation sites is 1. The van der Waals surface area contributed by atoms with Gasteiger partial charge < -0.3 is 9.55 Å². The number of benzene rings is 1. The standard InChI is InChI=1S/C16H18N4S/c1-10-9-17-11(2)15(10)12(3)18-19-16-20(4)13-7-5-6-8-14(13)21-16/h5-9,17H,1-4H3. The topological polar surface area (TPSA) is 45.4 Å². The Morgan fingerprint density at radius 2 is 2.00 bits per heavy atom. The Bertz CT molecular complexity index is 873. The smallest absolute Gasteiger partial charge is 0.211 e. The third-order valence-electron chi connectivity index (χ3n) is 3.64. The number of hydrogen-bond donors (Lipinski definition) is 1. The molecule has 2 aromatic heterocycles. The normalized spacial score (nSPS) is 13.3. The van der Waals surface area contributed by atoms with Gasteiger partial charge in [-0.3, -0.25) is 0 Å². The molecular weight excluding hydrogens is 280 g/mol. The van der Waals surface area contributed by atoms with Crippen LogP contribution in [0.2, 0.25) is 0 Å². The van der Waals surface area contributed by atoms with Crippen molar-refractivity contribution in [1.29, 1.82) is 0 Å². The molecule has 0 amide bonds. The molecule has 21 heavy (non-hydrogen) atoms. The van der Waals surface area contributed by atoms with Gasteiger partial charge in [-0.1, -0.05) is 23.5 Å². The van der Waals surface area contributed by atoms with Crippen LogP contribution in [-0.4, -0.2) is 15.3 Å². The van der Waals surface area contributed by atoms with Gasteiger partial charge >= 0.3 is 0 Å². The molecule has 0 atom stereocenters. The lowest BCUT2D eigenvalue weighted by Crippen LogP contribution is -2.09. The van der Waals surface area contributed by atoms with E-state index >= 15 is 0 Å². The highest BCUT2D eigenvalue weighted by Gasteiger charge is 2.07. The molecule has 2 heterocycles. The molecule has 3 rings (SSSR count). The van der Waals surface area contributed by atoms with Gasteiger partial charge in [-0.25, -0.2) is 0 Å². The molecule has 0 unspecified atom stereocenters. The number of aryl methyl sites for hydroxylation is 3. The van der Waals surface area contributed by atoms with Crippen LogP contribution in [0.4, 0.5) is 0 Å². The van der Waals surface area contributed by atoms with E-state index in [-0.39, 0.29) is 0 Å². The molecular formula is C16H18N4S. The number of aromatic nitrogens is 2. The maximum Gasteiger partial charge on any atom is 0.211 e. The minimum absolute atomic E-state index is 0.904. The fraction of sp³-hybridized carbons (Fsp3) is 0.250. The summed E-state index contributed by atoms with van der Waals surface area (Å²) >= 11 is 1.65. The first kappa shape index (κ1) is 13.8. The van der Waals surface area contributed by atoms with Crippen molar-refractivity contribution in [3.05, 3.63) is 52.1 Å². The first-order chi connectivity index (χ1) is 10.1. The summed E-state index contributed by atoms with van der Waals surface area (Å²) in [6.07, 6.45) is 2.00. The Balaban J connectivity index is 2.09. The molecule has 0 fully saturated rings. The molecule has 3 aromatic rings. The quantitative estimate of drug-likeness (QED) is 0.556. The SMILES string of the molecule is CC(=NN=c1sc2ccccc2n1C)c1c(C)c[nH]c1C. The third kappa shape index (κ3) is 2.45. The van der Waals surface area contributed by atoms with Crippen LogP contribution in [0.25, 0.3) is 10.2 Å². The van der Waals surface area contributed by atoms with Crippen molar-refractivity contribution in [3.63, 3.8) is 0 Å². The first-order valence-electron chi connectivity index (χ1n) is 6.85. The largest absolute Gasteiger partial charge is 0.364 e. The van der Waals surface area contributed by atoms with Gasteiger partial charge in [0.2, 0.25) is 4.80 Å². The number of aromatic amines is 1. The van der Waals surface area contributed by atoms with Gasteiger partial charge in [-0.2, -0.15) is 5.10 Å². The van der Waals surface area contributed by atoms with Crippen LogP contribution < -0.4 is 4.80 Å². The summed E-state index contributed by atoms with van der Waals surface area (Å²) < 4.78 is 3.30. The Kier molecular flexibility index (Phi) is 3.51. The van der Waals surface area contributed by atoms with Crippen molar-refractivity contribution in [2.75, 3.05) is 0 Å². The summed E-state index contributed by atoms with van der Waals surface area (Å²) in [6.45, 7) is 6.14.